The minimum atomic E-state index is -0.330. The van der Waals surface area contributed by atoms with Crippen LogP contribution in [0.4, 0.5) is 0 Å². The minimum Gasteiger partial charge on any atom is -0.487 e. The summed E-state index contributed by atoms with van der Waals surface area (Å²) in [4.78, 5) is 28.3. The third-order valence-corrected chi connectivity index (χ3v) is 3.90. The van der Waals surface area contributed by atoms with Crippen LogP contribution in [0.3, 0.4) is 0 Å². The first-order valence-electron chi connectivity index (χ1n) is 7.96. The maximum atomic E-state index is 12.2. The summed E-state index contributed by atoms with van der Waals surface area (Å²) in [6.07, 6.45) is 0. The Hall–Kier alpha value is -2.41. The SMILES string of the molecule is Cc1nc(COc2cccc(C(=O)NCC(=O)NC(C)(C)C)c2)cs1. The number of amides is 2. The summed E-state index contributed by atoms with van der Waals surface area (Å²) < 4.78 is 5.67. The topological polar surface area (TPSA) is 80.3 Å². The van der Waals surface area contributed by atoms with Crippen molar-refractivity contribution in [1.29, 1.82) is 0 Å². The monoisotopic (exact) mass is 361 g/mol. The van der Waals surface area contributed by atoms with Crippen LogP contribution < -0.4 is 15.4 Å². The second-order valence-corrected chi connectivity index (χ2v) is 7.72. The average molecular weight is 361 g/mol. The van der Waals surface area contributed by atoms with E-state index in [1.54, 1.807) is 35.6 Å². The molecule has 0 saturated heterocycles. The van der Waals surface area contributed by atoms with Gasteiger partial charge in [0.15, 0.2) is 0 Å². The fourth-order valence-electron chi connectivity index (χ4n) is 2.08. The van der Waals surface area contributed by atoms with E-state index >= 15 is 0 Å². The first kappa shape index (κ1) is 18.9. The fourth-order valence-corrected chi connectivity index (χ4v) is 2.68. The van der Waals surface area contributed by atoms with Gasteiger partial charge < -0.3 is 15.4 Å². The van der Waals surface area contributed by atoms with Crippen LogP contribution in [0.1, 0.15) is 41.8 Å². The molecule has 0 bridgehead atoms. The van der Waals surface area contributed by atoms with E-state index in [0.29, 0.717) is 17.9 Å². The van der Waals surface area contributed by atoms with Gasteiger partial charge in [-0.3, -0.25) is 9.59 Å². The van der Waals surface area contributed by atoms with E-state index in [2.05, 4.69) is 15.6 Å². The average Bonchev–Trinajstić information content (AvgIpc) is 2.95. The van der Waals surface area contributed by atoms with E-state index in [1.807, 2.05) is 33.1 Å². The molecule has 1 aromatic carbocycles. The van der Waals surface area contributed by atoms with Crippen LogP contribution in [0.2, 0.25) is 0 Å². The van der Waals surface area contributed by atoms with Crippen LogP contribution in [0.15, 0.2) is 29.6 Å². The summed E-state index contributed by atoms with van der Waals surface area (Å²) in [6, 6.07) is 6.85. The van der Waals surface area contributed by atoms with Gasteiger partial charge in [-0.2, -0.15) is 0 Å². The van der Waals surface area contributed by atoms with E-state index < -0.39 is 0 Å². The number of rotatable bonds is 6. The van der Waals surface area contributed by atoms with Crippen molar-refractivity contribution < 1.29 is 14.3 Å². The van der Waals surface area contributed by atoms with Gasteiger partial charge in [-0.15, -0.1) is 11.3 Å². The highest BCUT2D eigenvalue weighted by Gasteiger charge is 2.15. The van der Waals surface area contributed by atoms with E-state index in [1.165, 1.54) is 0 Å². The molecule has 0 aliphatic heterocycles. The number of nitrogens with zero attached hydrogens (tertiary/aromatic N) is 1. The Bertz CT molecular complexity index is 750. The quantitative estimate of drug-likeness (QED) is 0.829. The molecule has 2 N–H and O–H groups in total. The lowest BCUT2D eigenvalue weighted by atomic mass is 10.1. The summed E-state index contributed by atoms with van der Waals surface area (Å²) in [5.74, 6) is 0.0311. The lowest BCUT2D eigenvalue weighted by Gasteiger charge is -2.20. The molecule has 25 heavy (non-hydrogen) atoms. The highest BCUT2D eigenvalue weighted by Crippen LogP contribution is 2.16. The Morgan fingerprint density at radius 1 is 1.28 bits per heavy atom. The zero-order valence-electron chi connectivity index (χ0n) is 14.9. The van der Waals surface area contributed by atoms with Crippen molar-refractivity contribution >= 4 is 23.2 Å². The molecule has 2 rings (SSSR count). The lowest BCUT2D eigenvalue weighted by Crippen LogP contribution is -2.45. The van der Waals surface area contributed by atoms with Crippen molar-refractivity contribution in [2.45, 2.75) is 39.8 Å². The molecule has 0 aliphatic carbocycles. The molecular formula is C18H23N3O3S. The van der Waals surface area contributed by atoms with Gasteiger partial charge in [0.05, 0.1) is 17.2 Å². The van der Waals surface area contributed by atoms with Crippen molar-refractivity contribution in [2.75, 3.05) is 6.54 Å². The summed E-state index contributed by atoms with van der Waals surface area (Å²) in [6.45, 7) is 7.88. The highest BCUT2D eigenvalue weighted by molar-refractivity contribution is 7.09. The van der Waals surface area contributed by atoms with Gasteiger partial charge in [-0.25, -0.2) is 4.98 Å². The Morgan fingerprint density at radius 3 is 2.68 bits per heavy atom. The third-order valence-electron chi connectivity index (χ3n) is 3.07. The minimum absolute atomic E-state index is 0.0702. The van der Waals surface area contributed by atoms with E-state index in [4.69, 9.17) is 4.74 Å². The zero-order valence-corrected chi connectivity index (χ0v) is 15.7. The van der Waals surface area contributed by atoms with E-state index in [9.17, 15) is 9.59 Å². The molecule has 0 unspecified atom stereocenters. The summed E-state index contributed by atoms with van der Waals surface area (Å²) >= 11 is 1.57. The first-order valence-corrected chi connectivity index (χ1v) is 8.84. The van der Waals surface area contributed by atoms with Crippen molar-refractivity contribution in [2.24, 2.45) is 0 Å². The van der Waals surface area contributed by atoms with Gasteiger partial charge >= 0.3 is 0 Å². The second kappa shape index (κ2) is 8.11. The molecule has 134 valence electrons. The zero-order chi connectivity index (χ0) is 18.4. The van der Waals surface area contributed by atoms with E-state index in [-0.39, 0.29) is 23.9 Å². The molecule has 7 heteroatoms. The van der Waals surface area contributed by atoms with Crippen molar-refractivity contribution in [3.05, 3.63) is 45.9 Å². The van der Waals surface area contributed by atoms with Gasteiger partial charge in [-0.05, 0) is 45.9 Å². The van der Waals surface area contributed by atoms with Crippen LogP contribution in [-0.4, -0.2) is 28.9 Å². The summed E-state index contributed by atoms with van der Waals surface area (Å²) in [5, 5.41) is 8.33. The Morgan fingerprint density at radius 2 is 2.04 bits per heavy atom. The number of carbonyl (C=O) groups excluding carboxylic acids is 2. The first-order chi connectivity index (χ1) is 11.7. The largest absolute Gasteiger partial charge is 0.487 e. The summed E-state index contributed by atoms with van der Waals surface area (Å²) in [5.41, 5.74) is 0.968. The van der Waals surface area contributed by atoms with Gasteiger partial charge in [0, 0.05) is 16.5 Å². The van der Waals surface area contributed by atoms with Crippen LogP contribution in [0.5, 0.6) is 5.75 Å². The molecule has 6 nitrogen and oxygen atoms in total. The predicted octanol–water partition coefficient (Wildman–Crippen LogP) is 2.68. The van der Waals surface area contributed by atoms with Crippen molar-refractivity contribution in [3.8, 4) is 5.75 Å². The number of hydrogen-bond donors (Lipinski definition) is 2. The van der Waals surface area contributed by atoms with E-state index in [0.717, 1.165) is 10.7 Å². The number of carbonyl (C=O) groups is 2. The van der Waals surface area contributed by atoms with Gasteiger partial charge in [0.25, 0.3) is 5.91 Å². The Kier molecular flexibility index (Phi) is 6.14. The molecular weight excluding hydrogens is 338 g/mol. The lowest BCUT2D eigenvalue weighted by molar-refractivity contribution is -0.121. The van der Waals surface area contributed by atoms with Gasteiger partial charge in [0.1, 0.15) is 12.4 Å². The van der Waals surface area contributed by atoms with Gasteiger partial charge in [0.2, 0.25) is 5.91 Å². The number of aryl methyl sites for hydroxylation is 1. The normalized spacial score (nSPS) is 11.0. The predicted molar refractivity (Wildman–Crippen MR) is 97.9 cm³/mol. The van der Waals surface area contributed by atoms with Crippen LogP contribution in [0.25, 0.3) is 0 Å². The molecule has 2 aromatic rings. The molecule has 0 radical (unpaired) electrons. The second-order valence-electron chi connectivity index (χ2n) is 6.66. The number of ether oxygens (including phenoxy) is 1. The highest BCUT2D eigenvalue weighted by atomic mass is 32.1. The number of hydrogen-bond acceptors (Lipinski definition) is 5. The molecule has 0 spiro atoms. The third kappa shape index (κ3) is 6.54. The maximum absolute atomic E-state index is 12.2. The summed E-state index contributed by atoms with van der Waals surface area (Å²) in [7, 11) is 0. The molecule has 0 fully saturated rings. The number of nitrogens with one attached hydrogen (secondary N) is 2. The number of aromatic nitrogens is 1. The molecule has 0 aliphatic rings. The molecule has 0 saturated carbocycles. The maximum Gasteiger partial charge on any atom is 0.251 e. The van der Waals surface area contributed by atoms with Crippen LogP contribution in [-0.2, 0) is 11.4 Å². The molecule has 1 heterocycles. The van der Waals surface area contributed by atoms with Crippen molar-refractivity contribution in [1.82, 2.24) is 15.6 Å². The fraction of sp³-hybridized carbons (Fsp3) is 0.389. The van der Waals surface area contributed by atoms with Crippen LogP contribution in [0, 0.1) is 6.92 Å². The molecule has 1 aromatic heterocycles. The van der Waals surface area contributed by atoms with Crippen LogP contribution >= 0.6 is 11.3 Å². The Labute approximate surface area is 151 Å². The van der Waals surface area contributed by atoms with Gasteiger partial charge in [-0.1, -0.05) is 6.07 Å². The standard InChI is InChI=1S/C18H23N3O3S/c1-12-20-14(11-25-12)10-24-15-7-5-6-13(8-15)17(23)19-9-16(22)21-18(2,3)4/h5-8,11H,9-10H2,1-4H3,(H,19,23)(H,21,22). The van der Waals surface area contributed by atoms with Crippen molar-refractivity contribution in [3.63, 3.8) is 0 Å². The Balaban J connectivity index is 1.89. The molecule has 0 atom stereocenters. The smallest absolute Gasteiger partial charge is 0.251 e. The number of benzene rings is 1. The molecule has 2 amide bonds. The number of thiazole rings is 1.